The minimum Gasteiger partial charge on any atom is -0.497 e. The highest BCUT2D eigenvalue weighted by Gasteiger charge is 2.23. The third-order valence-corrected chi connectivity index (χ3v) is 4.19. The first-order chi connectivity index (χ1) is 11.5. The number of esters is 1. The van der Waals surface area contributed by atoms with Gasteiger partial charge in [0, 0.05) is 12.1 Å². The van der Waals surface area contributed by atoms with Gasteiger partial charge in [0.1, 0.15) is 11.5 Å². The van der Waals surface area contributed by atoms with Crippen molar-refractivity contribution in [2.24, 2.45) is 0 Å². The Balaban J connectivity index is 1.96. The quantitative estimate of drug-likeness (QED) is 0.809. The molecule has 6 heteroatoms. The number of hydrogen-bond acceptors (Lipinski definition) is 5. The Morgan fingerprint density at radius 2 is 1.62 bits per heavy atom. The molecular formula is C18H25NO5. The van der Waals surface area contributed by atoms with Crippen LogP contribution in [0.25, 0.3) is 0 Å². The van der Waals surface area contributed by atoms with Gasteiger partial charge < -0.3 is 19.5 Å². The van der Waals surface area contributed by atoms with Gasteiger partial charge in [0.15, 0.2) is 6.10 Å². The number of hydrogen-bond donors (Lipinski definition) is 1. The standard InChI is InChI=1S/C18H25NO5/c1-12(17(20)19-14-7-5-4-6-8-14)24-18(21)13-9-15(22-2)11-16(10-13)23-3/h9-12,14H,4-8H2,1-3H3,(H,19,20)/t12-/m1/s1. The van der Waals surface area contributed by atoms with Crippen LogP contribution in [0.2, 0.25) is 0 Å². The highest BCUT2D eigenvalue weighted by atomic mass is 16.5. The second-order valence-electron chi connectivity index (χ2n) is 5.99. The molecule has 0 aliphatic heterocycles. The molecule has 0 aromatic heterocycles. The largest absolute Gasteiger partial charge is 0.497 e. The van der Waals surface area contributed by atoms with E-state index in [4.69, 9.17) is 14.2 Å². The van der Waals surface area contributed by atoms with E-state index < -0.39 is 12.1 Å². The van der Waals surface area contributed by atoms with Gasteiger partial charge in [0.2, 0.25) is 0 Å². The Morgan fingerprint density at radius 3 is 2.17 bits per heavy atom. The topological polar surface area (TPSA) is 73.9 Å². The lowest BCUT2D eigenvalue weighted by Crippen LogP contribution is -2.42. The molecule has 1 aromatic rings. The Morgan fingerprint density at radius 1 is 1.04 bits per heavy atom. The van der Waals surface area contributed by atoms with Crippen molar-refractivity contribution in [1.29, 1.82) is 0 Å². The molecule has 0 heterocycles. The maximum Gasteiger partial charge on any atom is 0.339 e. The zero-order chi connectivity index (χ0) is 17.5. The van der Waals surface area contributed by atoms with E-state index in [1.54, 1.807) is 25.1 Å². The average Bonchev–Trinajstić information content (AvgIpc) is 2.61. The number of amides is 1. The van der Waals surface area contributed by atoms with Crippen molar-refractivity contribution in [3.8, 4) is 11.5 Å². The number of carbonyl (C=O) groups is 2. The molecule has 1 saturated carbocycles. The molecule has 6 nitrogen and oxygen atoms in total. The molecular weight excluding hydrogens is 310 g/mol. The lowest BCUT2D eigenvalue weighted by Gasteiger charge is -2.24. The predicted octanol–water partition coefficient (Wildman–Crippen LogP) is 2.70. The van der Waals surface area contributed by atoms with Crippen molar-refractivity contribution in [3.05, 3.63) is 23.8 Å². The van der Waals surface area contributed by atoms with E-state index in [0.29, 0.717) is 11.5 Å². The summed E-state index contributed by atoms with van der Waals surface area (Å²) in [6.07, 6.45) is 4.59. The molecule has 0 radical (unpaired) electrons. The van der Waals surface area contributed by atoms with Crippen LogP contribution < -0.4 is 14.8 Å². The molecule has 1 aromatic carbocycles. The zero-order valence-electron chi connectivity index (χ0n) is 14.5. The summed E-state index contributed by atoms with van der Waals surface area (Å²) in [5.74, 6) is 0.129. The van der Waals surface area contributed by atoms with Crippen LogP contribution in [0, 0.1) is 0 Å². The molecule has 1 fully saturated rings. The lowest BCUT2D eigenvalue weighted by molar-refractivity contribution is -0.130. The predicted molar refractivity (Wildman–Crippen MR) is 89.4 cm³/mol. The third-order valence-electron chi connectivity index (χ3n) is 4.19. The molecule has 0 bridgehead atoms. The molecule has 0 spiro atoms. The summed E-state index contributed by atoms with van der Waals surface area (Å²) in [6, 6.07) is 4.95. The normalized spacial score (nSPS) is 16.1. The summed E-state index contributed by atoms with van der Waals surface area (Å²) in [6.45, 7) is 1.58. The first-order valence-corrected chi connectivity index (χ1v) is 8.28. The van der Waals surface area contributed by atoms with E-state index in [0.717, 1.165) is 25.7 Å². The van der Waals surface area contributed by atoms with Gasteiger partial charge >= 0.3 is 5.97 Å². The van der Waals surface area contributed by atoms with E-state index in [2.05, 4.69) is 5.32 Å². The third kappa shape index (κ3) is 4.88. The van der Waals surface area contributed by atoms with Crippen molar-refractivity contribution in [2.45, 2.75) is 51.2 Å². The molecule has 0 unspecified atom stereocenters. The molecule has 1 N–H and O–H groups in total. The molecule has 1 aliphatic carbocycles. The van der Waals surface area contributed by atoms with Crippen molar-refractivity contribution in [2.75, 3.05) is 14.2 Å². The lowest BCUT2D eigenvalue weighted by atomic mass is 9.95. The summed E-state index contributed by atoms with van der Waals surface area (Å²) < 4.78 is 15.5. The summed E-state index contributed by atoms with van der Waals surface area (Å²) >= 11 is 0. The summed E-state index contributed by atoms with van der Waals surface area (Å²) in [5, 5.41) is 2.96. The van der Waals surface area contributed by atoms with Gasteiger partial charge in [0.25, 0.3) is 5.91 Å². The van der Waals surface area contributed by atoms with Crippen molar-refractivity contribution < 1.29 is 23.8 Å². The fourth-order valence-corrected chi connectivity index (χ4v) is 2.77. The molecule has 24 heavy (non-hydrogen) atoms. The SMILES string of the molecule is COc1cc(OC)cc(C(=O)O[C@H](C)C(=O)NC2CCCCC2)c1. The van der Waals surface area contributed by atoms with Crippen LogP contribution in [0.1, 0.15) is 49.4 Å². The second kappa shape index (κ2) is 8.57. The van der Waals surface area contributed by atoms with Crippen LogP contribution in [0.4, 0.5) is 0 Å². The minimum absolute atomic E-state index is 0.185. The Hall–Kier alpha value is -2.24. The highest BCUT2D eigenvalue weighted by molar-refractivity contribution is 5.93. The zero-order valence-corrected chi connectivity index (χ0v) is 14.5. The number of nitrogens with one attached hydrogen (secondary N) is 1. The van der Waals surface area contributed by atoms with Crippen LogP contribution in [-0.4, -0.2) is 38.2 Å². The van der Waals surface area contributed by atoms with E-state index in [1.165, 1.54) is 20.6 Å². The molecule has 1 aliphatic rings. The molecule has 1 atom stereocenters. The fraction of sp³-hybridized carbons (Fsp3) is 0.556. The first-order valence-electron chi connectivity index (χ1n) is 8.28. The maximum absolute atomic E-state index is 12.3. The number of methoxy groups -OCH3 is 2. The Labute approximate surface area is 142 Å². The smallest absolute Gasteiger partial charge is 0.339 e. The van der Waals surface area contributed by atoms with E-state index >= 15 is 0 Å². The number of ether oxygens (including phenoxy) is 3. The van der Waals surface area contributed by atoms with Crippen molar-refractivity contribution in [3.63, 3.8) is 0 Å². The number of carbonyl (C=O) groups excluding carboxylic acids is 2. The Kier molecular flexibility index (Phi) is 6.46. The van der Waals surface area contributed by atoms with E-state index in [9.17, 15) is 9.59 Å². The number of benzene rings is 1. The van der Waals surface area contributed by atoms with Crippen molar-refractivity contribution in [1.82, 2.24) is 5.32 Å². The number of rotatable bonds is 6. The highest BCUT2D eigenvalue weighted by Crippen LogP contribution is 2.23. The molecule has 2 rings (SSSR count). The van der Waals surface area contributed by atoms with Gasteiger partial charge in [-0.05, 0) is 31.9 Å². The fourth-order valence-electron chi connectivity index (χ4n) is 2.77. The van der Waals surface area contributed by atoms with Gasteiger partial charge in [-0.15, -0.1) is 0 Å². The summed E-state index contributed by atoms with van der Waals surface area (Å²) in [4.78, 5) is 24.5. The average molecular weight is 335 g/mol. The first kappa shape index (κ1) is 18.1. The van der Waals surface area contributed by atoms with Crippen LogP contribution in [-0.2, 0) is 9.53 Å². The Bertz CT molecular complexity index is 559. The molecule has 0 saturated heterocycles. The minimum atomic E-state index is -0.850. The van der Waals surface area contributed by atoms with Crippen LogP contribution in [0.5, 0.6) is 11.5 Å². The maximum atomic E-state index is 12.3. The van der Waals surface area contributed by atoms with E-state index in [1.807, 2.05) is 0 Å². The van der Waals surface area contributed by atoms with Gasteiger partial charge in [-0.25, -0.2) is 4.79 Å². The van der Waals surface area contributed by atoms with Crippen molar-refractivity contribution >= 4 is 11.9 Å². The monoisotopic (exact) mass is 335 g/mol. The van der Waals surface area contributed by atoms with Crippen LogP contribution in [0.3, 0.4) is 0 Å². The van der Waals surface area contributed by atoms with Gasteiger partial charge in [-0.1, -0.05) is 19.3 Å². The molecule has 1 amide bonds. The van der Waals surface area contributed by atoms with Gasteiger partial charge in [-0.3, -0.25) is 4.79 Å². The second-order valence-corrected chi connectivity index (χ2v) is 5.99. The van der Waals surface area contributed by atoms with Gasteiger partial charge in [-0.2, -0.15) is 0 Å². The summed E-state index contributed by atoms with van der Waals surface area (Å²) in [7, 11) is 3.01. The summed E-state index contributed by atoms with van der Waals surface area (Å²) in [5.41, 5.74) is 0.281. The van der Waals surface area contributed by atoms with E-state index in [-0.39, 0.29) is 17.5 Å². The molecule has 132 valence electrons. The van der Waals surface area contributed by atoms with Gasteiger partial charge in [0.05, 0.1) is 19.8 Å². The van der Waals surface area contributed by atoms with Crippen LogP contribution in [0.15, 0.2) is 18.2 Å². The van der Waals surface area contributed by atoms with Crippen LogP contribution >= 0.6 is 0 Å².